The summed E-state index contributed by atoms with van der Waals surface area (Å²) in [5.41, 5.74) is 0. The van der Waals surface area contributed by atoms with Crippen LogP contribution >= 0.6 is 35.5 Å². The summed E-state index contributed by atoms with van der Waals surface area (Å²) in [6, 6.07) is 38.4. The number of hydrogen-bond donors (Lipinski definition) is 1. The summed E-state index contributed by atoms with van der Waals surface area (Å²) in [6.07, 6.45) is 0. The fourth-order valence-electron chi connectivity index (χ4n) is 3.51. The van der Waals surface area contributed by atoms with Crippen LogP contribution in [-0.2, 0) is 9.13 Å². The number of para-hydroxylation sites is 3. The molecule has 5 aromatic carbocycles. The van der Waals surface area contributed by atoms with Crippen LogP contribution in [0.3, 0.4) is 0 Å². The predicted octanol–water partition coefficient (Wildman–Crippen LogP) is -0.144. The standard InChI is InChI=1S/C18H15O3P.C6H5Cl2OP.C6H6O.2Li/c19-15-10-4-6-12-17(15)22(21,14-8-2-1-3-9-14)18-13-7-5-11-16(18)20;7-10(8,9)6-4-2-1-3-5-6;7-6-4-2-1-3-5-6;;/h1-13,19-20H;1-5H;1-5,7H;;/q;;;2*+1/p-2. The molecule has 0 aliphatic carbocycles. The van der Waals surface area contributed by atoms with E-state index in [0.717, 1.165) is 0 Å². The molecule has 0 amide bonds. The Morgan fingerprint density at radius 2 is 0.805 bits per heavy atom. The van der Waals surface area contributed by atoms with Gasteiger partial charge in [0.25, 0.3) is 5.85 Å². The number of halogens is 2. The zero-order valence-corrected chi connectivity index (χ0v) is 25.8. The van der Waals surface area contributed by atoms with E-state index in [1.807, 2.05) is 12.1 Å². The minimum Gasteiger partial charge on any atom is -0.872 e. The van der Waals surface area contributed by atoms with Crippen LogP contribution in [0.15, 0.2) is 140 Å². The van der Waals surface area contributed by atoms with Crippen LogP contribution in [0.1, 0.15) is 0 Å². The van der Waals surface area contributed by atoms with Crippen molar-refractivity contribution in [2.45, 2.75) is 0 Å². The molecule has 0 fully saturated rings. The van der Waals surface area contributed by atoms with E-state index < -0.39 is 13.0 Å². The van der Waals surface area contributed by atoms with Crippen molar-refractivity contribution in [3.05, 3.63) is 140 Å². The third-order valence-electron chi connectivity index (χ3n) is 5.34. The molecule has 0 bridgehead atoms. The molecule has 0 aromatic heterocycles. The molecule has 5 nitrogen and oxygen atoms in total. The maximum absolute atomic E-state index is 13.9. The van der Waals surface area contributed by atoms with Crippen molar-refractivity contribution < 1.29 is 62.2 Å². The summed E-state index contributed by atoms with van der Waals surface area (Å²) >= 11 is 10.8. The summed E-state index contributed by atoms with van der Waals surface area (Å²) in [7, 11) is -3.48. The summed E-state index contributed by atoms with van der Waals surface area (Å²) in [5, 5.41) is 34.4. The average molecular weight is 611 g/mol. The SMILES string of the molecule is O=P(Cl)(Cl)c1ccccc1.O=P(c1ccccc1)(c1ccccc1[O-])c1ccccc1[O-].Oc1ccccc1.[Li+].[Li+]. The molecule has 41 heavy (non-hydrogen) atoms. The molecular formula is C30H24Cl2Li2O5P2. The predicted molar refractivity (Wildman–Crippen MR) is 158 cm³/mol. The van der Waals surface area contributed by atoms with Crippen LogP contribution in [0, 0.1) is 0 Å². The molecule has 0 atom stereocenters. The second kappa shape index (κ2) is 17.6. The van der Waals surface area contributed by atoms with Gasteiger partial charge in [-0.1, -0.05) is 127 Å². The van der Waals surface area contributed by atoms with E-state index >= 15 is 0 Å². The van der Waals surface area contributed by atoms with E-state index in [0.29, 0.717) is 16.4 Å². The van der Waals surface area contributed by atoms with E-state index in [-0.39, 0.29) is 59.8 Å². The number of rotatable bonds is 4. The number of hydrogen-bond acceptors (Lipinski definition) is 5. The summed E-state index contributed by atoms with van der Waals surface area (Å²) < 4.78 is 24.8. The van der Waals surface area contributed by atoms with Gasteiger partial charge in [0.15, 0.2) is 7.14 Å². The zero-order valence-electron chi connectivity index (χ0n) is 22.5. The molecule has 0 aliphatic rings. The molecule has 0 heterocycles. The molecule has 0 saturated carbocycles. The van der Waals surface area contributed by atoms with Crippen molar-refractivity contribution in [2.24, 2.45) is 0 Å². The van der Waals surface area contributed by atoms with Crippen molar-refractivity contribution in [3.8, 4) is 17.2 Å². The zero-order chi connectivity index (χ0) is 28.3. The molecule has 0 spiro atoms. The van der Waals surface area contributed by atoms with Gasteiger partial charge in [0, 0.05) is 21.2 Å². The Morgan fingerprint density at radius 3 is 1.10 bits per heavy atom. The first kappa shape index (κ1) is 36.8. The first-order valence-electron chi connectivity index (χ1n) is 11.6. The fraction of sp³-hybridized carbons (Fsp3) is 0. The van der Waals surface area contributed by atoms with Gasteiger partial charge >= 0.3 is 37.7 Å². The first-order chi connectivity index (χ1) is 18.6. The molecular weight excluding hydrogens is 587 g/mol. The molecule has 5 rings (SSSR count). The van der Waals surface area contributed by atoms with Crippen molar-refractivity contribution in [2.75, 3.05) is 0 Å². The third kappa shape index (κ3) is 10.5. The van der Waals surface area contributed by atoms with Gasteiger partial charge in [-0.15, -0.1) is 0 Å². The average Bonchev–Trinajstić information content (AvgIpc) is 2.95. The van der Waals surface area contributed by atoms with Gasteiger partial charge in [0.05, 0.1) is 0 Å². The minimum atomic E-state index is -3.48. The molecule has 0 unspecified atom stereocenters. The molecule has 11 heteroatoms. The summed E-state index contributed by atoms with van der Waals surface area (Å²) in [4.78, 5) is 0. The van der Waals surface area contributed by atoms with Gasteiger partial charge < -0.3 is 19.9 Å². The van der Waals surface area contributed by atoms with E-state index in [1.165, 1.54) is 12.1 Å². The van der Waals surface area contributed by atoms with E-state index in [9.17, 15) is 19.3 Å². The largest absolute Gasteiger partial charge is 1.00 e. The van der Waals surface area contributed by atoms with Crippen molar-refractivity contribution in [1.82, 2.24) is 0 Å². The molecule has 0 radical (unpaired) electrons. The van der Waals surface area contributed by atoms with Crippen LogP contribution in [0.25, 0.3) is 0 Å². The maximum Gasteiger partial charge on any atom is 1.00 e. The van der Waals surface area contributed by atoms with Crippen molar-refractivity contribution in [1.29, 1.82) is 0 Å². The van der Waals surface area contributed by atoms with Crippen LogP contribution in [0.4, 0.5) is 0 Å². The Kier molecular flexibility index (Phi) is 15.8. The number of aromatic hydroxyl groups is 1. The van der Waals surface area contributed by atoms with Gasteiger partial charge in [-0.3, -0.25) is 4.57 Å². The number of phenolic OH excluding ortho intramolecular Hbond substituents is 1. The Morgan fingerprint density at radius 1 is 0.488 bits per heavy atom. The van der Waals surface area contributed by atoms with Crippen LogP contribution in [0.2, 0.25) is 0 Å². The monoisotopic (exact) mass is 610 g/mol. The van der Waals surface area contributed by atoms with Gasteiger partial charge in [-0.2, -0.15) is 0 Å². The van der Waals surface area contributed by atoms with Gasteiger partial charge in [0.1, 0.15) is 5.75 Å². The van der Waals surface area contributed by atoms with Crippen LogP contribution in [-0.4, -0.2) is 5.11 Å². The fourth-order valence-corrected chi connectivity index (χ4v) is 7.48. The Bertz CT molecular complexity index is 1520. The van der Waals surface area contributed by atoms with Crippen molar-refractivity contribution >= 4 is 56.7 Å². The Hall–Kier alpha value is -2.27. The van der Waals surface area contributed by atoms with E-state index in [2.05, 4.69) is 0 Å². The molecule has 0 saturated heterocycles. The van der Waals surface area contributed by atoms with Gasteiger partial charge in [-0.25, -0.2) is 0 Å². The second-order valence-electron chi connectivity index (χ2n) is 8.01. The summed E-state index contributed by atoms with van der Waals surface area (Å²) in [6.45, 7) is 0. The minimum absolute atomic E-state index is 0. The van der Waals surface area contributed by atoms with Crippen LogP contribution in [0.5, 0.6) is 17.2 Å². The Labute approximate surface area is 273 Å². The van der Waals surface area contributed by atoms with Gasteiger partial charge in [0.2, 0.25) is 0 Å². The van der Waals surface area contributed by atoms with Crippen LogP contribution < -0.4 is 69.2 Å². The Balaban J connectivity index is 0.000000367. The topological polar surface area (TPSA) is 100 Å². The third-order valence-corrected chi connectivity index (χ3v) is 10.5. The van der Waals surface area contributed by atoms with Gasteiger partial charge in [-0.05, 0) is 46.7 Å². The van der Waals surface area contributed by atoms with E-state index in [4.69, 9.17) is 27.6 Å². The normalized spacial score (nSPS) is 10.3. The quantitative estimate of drug-likeness (QED) is 0.226. The summed E-state index contributed by atoms with van der Waals surface area (Å²) in [5.74, 6) is -3.39. The second-order valence-corrected chi connectivity index (χ2v) is 15.5. The molecule has 1 N–H and O–H groups in total. The molecule has 5 aromatic rings. The number of phenols is 1. The van der Waals surface area contributed by atoms with E-state index in [1.54, 1.807) is 115 Å². The molecule has 200 valence electrons. The maximum atomic E-state index is 13.9. The van der Waals surface area contributed by atoms with Crippen molar-refractivity contribution in [3.63, 3.8) is 0 Å². The smallest absolute Gasteiger partial charge is 0.872 e. The molecule has 0 aliphatic heterocycles. The first-order valence-corrected chi connectivity index (χ1v) is 16.8. The number of benzene rings is 5.